The average molecular weight is 461 g/mol. The number of carbonyl (C=O) groups is 2. The fourth-order valence-corrected chi connectivity index (χ4v) is 9.21. The fraction of sp³-hybridized carbons (Fsp3) is 0.929. The largest absolute Gasteiger partial charge is 0.463 e. The Morgan fingerprint density at radius 1 is 0.909 bits per heavy atom. The SMILES string of the molecule is CC(=O)O[C@H]1CC[C@@]2(C)[C@@H](CC[C@@H]3[C@@H]2CC[C@]2(C)[C@@H](C(=O)CO[C@@H]4CCCCO4)CC[C@@H]32)C1. The first-order valence-corrected chi connectivity index (χ1v) is 13.7. The maximum Gasteiger partial charge on any atom is 0.302 e. The first-order valence-electron chi connectivity index (χ1n) is 13.7. The van der Waals surface area contributed by atoms with Crippen LogP contribution in [0.2, 0.25) is 0 Å². The number of rotatable bonds is 5. The molecule has 0 N–H and O–H groups in total. The molecule has 1 aliphatic heterocycles. The third-order valence-corrected chi connectivity index (χ3v) is 10.9. The molecule has 0 aromatic carbocycles. The molecule has 4 aliphatic carbocycles. The van der Waals surface area contributed by atoms with Crippen molar-refractivity contribution in [2.45, 2.75) is 110 Å². The standard InChI is InChI=1S/C28H44O5/c1-18(29)33-20-11-13-27(2)19(16-20)7-8-21-22-9-10-24(28(22,3)14-12-23(21)27)25(30)17-32-26-6-4-5-15-31-26/h19-24,26H,4-17H2,1-3H3/t19-,20-,21-,22-,23-,24+,26+,27-,28-/m0/s1. The Balaban J connectivity index is 1.24. The molecule has 4 saturated carbocycles. The van der Waals surface area contributed by atoms with E-state index in [-0.39, 0.29) is 36.3 Å². The van der Waals surface area contributed by atoms with Crippen LogP contribution in [0.15, 0.2) is 0 Å². The Morgan fingerprint density at radius 2 is 1.70 bits per heavy atom. The molecule has 0 bridgehead atoms. The van der Waals surface area contributed by atoms with E-state index in [0.29, 0.717) is 23.0 Å². The number of hydrogen-bond acceptors (Lipinski definition) is 5. The maximum atomic E-state index is 13.3. The summed E-state index contributed by atoms with van der Waals surface area (Å²) < 4.78 is 17.2. The summed E-state index contributed by atoms with van der Waals surface area (Å²) in [5.41, 5.74) is 0.498. The van der Waals surface area contributed by atoms with Gasteiger partial charge in [0.2, 0.25) is 0 Å². The van der Waals surface area contributed by atoms with Gasteiger partial charge in [0.1, 0.15) is 12.7 Å². The third kappa shape index (κ3) is 4.30. The lowest BCUT2D eigenvalue weighted by Gasteiger charge is -2.61. The molecule has 0 spiro atoms. The third-order valence-electron chi connectivity index (χ3n) is 10.9. The first-order chi connectivity index (χ1) is 15.8. The quantitative estimate of drug-likeness (QED) is 0.493. The molecule has 9 atom stereocenters. The molecular formula is C28H44O5. The molecule has 1 heterocycles. The van der Waals surface area contributed by atoms with Crippen LogP contribution in [0, 0.1) is 40.4 Å². The number of carbonyl (C=O) groups excluding carboxylic acids is 2. The number of ether oxygens (including phenoxy) is 3. The van der Waals surface area contributed by atoms with Crippen LogP contribution >= 0.6 is 0 Å². The number of Topliss-reactive ketones (excluding diaryl/α,β-unsaturated/α-hetero) is 1. The second-order valence-corrected chi connectivity index (χ2v) is 12.4. The van der Waals surface area contributed by atoms with Gasteiger partial charge in [-0.05, 0) is 112 Å². The smallest absolute Gasteiger partial charge is 0.302 e. The lowest BCUT2D eigenvalue weighted by Crippen LogP contribution is -2.54. The zero-order chi connectivity index (χ0) is 23.2. The predicted molar refractivity (Wildman–Crippen MR) is 125 cm³/mol. The van der Waals surface area contributed by atoms with Gasteiger partial charge in [-0.25, -0.2) is 0 Å². The summed E-state index contributed by atoms with van der Waals surface area (Å²) in [6.45, 7) is 7.48. The molecule has 0 radical (unpaired) electrons. The van der Waals surface area contributed by atoms with Crippen molar-refractivity contribution in [3.05, 3.63) is 0 Å². The second-order valence-electron chi connectivity index (χ2n) is 12.4. The topological polar surface area (TPSA) is 61.8 Å². The highest BCUT2D eigenvalue weighted by Crippen LogP contribution is 2.67. The van der Waals surface area contributed by atoms with Gasteiger partial charge in [-0.3, -0.25) is 9.59 Å². The van der Waals surface area contributed by atoms with Crippen LogP contribution in [0.4, 0.5) is 0 Å². The van der Waals surface area contributed by atoms with Crippen LogP contribution in [0.3, 0.4) is 0 Å². The van der Waals surface area contributed by atoms with Crippen molar-refractivity contribution in [1.29, 1.82) is 0 Å². The molecule has 0 aromatic rings. The minimum Gasteiger partial charge on any atom is -0.463 e. The van der Waals surface area contributed by atoms with Crippen LogP contribution in [0.1, 0.15) is 97.8 Å². The van der Waals surface area contributed by atoms with E-state index in [2.05, 4.69) is 13.8 Å². The molecule has 5 heteroatoms. The summed E-state index contributed by atoms with van der Waals surface area (Å²) in [7, 11) is 0. The summed E-state index contributed by atoms with van der Waals surface area (Å²) in [6.07, 6.45) is 13.5. The van der Waals surface area contributed by atoms with Crippen LogP contribution in [0.25, 0.3) is 0 Å². The maximum absolute atomic E-state index is 13.3. The van der Waals surface area contributed by atoms with E-state index in [9.17, 15) is 9.59 Å². The van der Waals surface area contributed by atoms with Crippen LogP contribution in [-0.4, -0.2) is 37.4 Å². The van der Waals surface area contributed by atoms with Gasteiger partial charge in [0, 0.05) is 19.4 Å². The van der Waals surface area contributed by atoms with Crippen molar-refractivity contribution in [1.82, 2.24) is 0 Å². The molecule has 5 rings (SSSR count). The summed E-state index contributed by atoms with van der Waals surface area (Å²) in [4.78, 5) is 24.8. The number of esters is 1. The van der Waals surface area contributed by atoms with Gasteiger partial charge in [0.05, 0.1) is 0 Å². The second kappa shape index (κ2) is 9.26. The lowest BCUT2D eigenvalue weighted by atomic mass is 9.44. The summed E-state index contributed by atoms with van der Waals surface area (Å²) in [5.74, 6) is 3.17. The van der Waals surface area contributed by atoms with E-state index in [1.807, 2.05) is 0 Å². The molecule has 0 aromatic heterocycles. The Labute approximate surface area is 199 Å². The van der Waals surface area contributed by atoms with Gasteiger partial charge in [-0.1, -0.05) is 13.8 Å². The minimum absolute atomic E-state index is 0.118. The Morgan fingerprint density at radius 3 is 2.45 bits per heavy atom. The van der Waals surface area contributed by atoms with Gasteiger partial charge in [0.15, 0.2) is 12.1 Å². The van der Waals surface area contributed by atoms with Crippen LogP contribution in [0.5, 0.6) is 0 Å². The van der Waals surface area contributed by atoms with E-state index in [1.165, 1.54) is 45.4 Å². The van der Waals surface area contributed by atoms with Crippen molar-refractivity contribution in [3.8, 4) is 0 Å². The van der Waals surface area contributed by atoms with Gasteiger partial charge in [-0.15, -0.1) is 0 Å². The first kappa shape index (κ1) is 23.8. The minimum atomic E-state index is -0.180. The van der Waals surface area contributed by atoms with Gasteiger partial charge >= 0.3 is 5.97 Å². The van der Waals surface area contributed by atoms with E-state index in [0.717, 1.165) is 57.0 Å². The van der Waals surface area contributed by atoms with Crippen molar-refractivity contribution < 1.29 is 23.8 Å². The van der Waals surface area contributed by atoms with E-state index >= 15 is 0 Å². The van der Waals surface area contributed by atoms with Gasteiger partial charge < -0.3 is 14.2 Å². The van der Waals surface area contributed by atoms with E-state index < -0.39 is 0 Å². The summed E-state index contributed by atoms with van der Waals surface area (Å²) in [5, 5.41) is 0. The highest BCUT2D eigenvalue weighted by molar-refractivity contribution is 5.83. The Hall–Kier alpha value is -0.940. The number of fused-ring (bicyclic) bond motifs is 5. The predicted octanol–water partition coefficient (Wildman–Crippen LogP) is 5.69. The van der Waals surface area contributed by atoms with E-state index in [1.54, 1.807) is 0 Å². The Bertz CT molecular complexity index is 745. The highest BCUT2D eigenvalue weighted by Gasteiger charge is 2.61. The average Bonchev–Trinajstić information content (AvgIpc) is 3.15. The highest BCUT2D eigenvalue weighted by atomic mass is 16.7. The van der Waals surface area contributed by atoms with Crippen LogP contribution in [-0.2, 0) is 23.8 Å². The van der Waals surface area contributed by atoms with Crippen LogP contribution < -0.4 is 0 Å². The van der Waals surface area contributed by atoms with Crippen molar-refractivity contribution >= 4 is 11.8 Å². The molecule has 5 nitrogen and oxygen atoms in total. The summed E-state index contributed by atoms with van der Waals surface area (Å²) in [6, 6.07) is 0. The zero-order valence-electron chi connectivity index (χ0n) is 21.0. The normalized spacial score (nSPS) is 47.2. The van der Waals surface area contributed by atoms with E-state index in [4.69, 9.17) is 14.2 Å². The molecular weight excluding hydrogens is 416 g/mol. The molecule has 5 fully saturated rings. The van der Waals surface area contributed by atoms with Gasteiger partial charge in [0.25, 0.3) is 0 Å². The molecule has 1 saturated heterocycles. The number of hydrogen-bond donors (Lipinski definition) is 0. The number of ketones is 1. The van der Waals surface area contributed by atoms with Gasteiger partial charge in [-0.2, -0.15) is 0 Å². The lowest BCUT2D eigenvalue weighted by molar-refractivity contribution is -0.174. The van der Waals surface area contributed by atoms with Crippen molar-refractivity contribution in [3.63, 3.8) is 0 Å². The summed E-state index contributed by atoms with van der Waals surface area (Å²) >= 11 is 0. The van der Waals surface area contributed by atoms with Crippen molar-refractivity contribution in [2.24, 2.45) is 40.4 Å². The monoisotopic (exact) mass is 460 g/mol. The van der Waals surface area contributed by atoms with Crippen molar-refractivity contribution in [2.75, 3.05) is 13.2 Å². The molecule has 0 unspecified atom stereocenters. The molecule has 33 heavy (non-hydrogen) atoms. The molecule has 5 aliphatic rings. The zero-order valence-corrected chi connectivity index (χ0v) is 21.0. The molecule has 0 amide bonds. The Kier molecular flexibility index (Phi) is 6.67. The fourth-order valence-electron chi connectivity index (χ4n) is 9.21. The molecule has 186 valence electrons.